The Hall–Kier alpha value is -2.94. The number of ether oxygens (including phenoxy) is 2. The molecule has 1 amide bonds. The summed E-state index contributed by atoms with van der Waals surface area (Å²) in [5, 5.41) is 0. The molecule has 3 aromatic heterocycles. The third-order valence-electron chi connectivity index (χ3n) is 4.69. The minimum absolute atomic E-state index is 0.0643. The highest BCUT2D eigenvalue weighted by Gasteiger charge is 2.33. The van der Waals surface area contributed by atoms with Crippen LogP contribution >= 0.6 is 15.9 Å². The van der Waals surface area contributed by atoms with Crippen LogP contribution in [0.1, 0.15) is 27.2 Å². The van der Waals surface area contributed by atoms with E-state index in [9.17, 15) is 9.18 Å². The van der Waals surface area contributed by atoms with Gasteiger partial charge in [-0.15, -0.1) is 0 Å². The predicted molar refractivity (Wildman–Crippen MR) is 118 cm³/mol. The van der Waals surface area contributed by atoms with E-state index in [4.69, 9.17) is 9.47 Å². The Kier molecular flexibility index (Phi) is 5.70. The molecule has 0 fully saturated rings. The molecular formula is C22H22BrFN4O3. The van der Waals surface area contributed by atoms with E-state index in [1.807, 2.05) is 18.2 Å². The largest absolute Gasteiger partial charge is 0.489 e. The fraction of sp³-hybridized carbons (Fsp3) is 0.318. The van der Waals surface area contributed by atoms with Gasteiger partial charge in [0.2, 0.25) is 0 Å². The minimum Gasteiger partial charge on any atom is -0.489 e. The lowest BCUT2D eigenvalue weighted by Crippen LogP contribution is -2.40. The highest BCUT2D eigenvalue weighted by Crippen LogP contribution is 2.38. The number of nitrogens with zero attached hydrogens (tertiary/aromatic N) is 3. The number of halogens is 2. The first-order valence-electron chi connectivity index (χ1n) is 9.80. The molecule has 9 heteroatoms. The minimum atomic E-state index is -0.679. The van der Waals surface area contributed by atoms with Crippen LogP contribution in [0.2, 0.25) is 0 Å². The van der Waals surface area contributed by atoms with E-state index in [1.54, 1.807) is 39.4 Å². The molecule has 1 aliphatic heterocycles. The molecule has 4 rings (SSSR count). The number of aromatic amines is 1. The van der Waals surface area contributed by atoms with Crippen LogP contribution < -0.4 is 4.74 Å². The van der Waals surface area contributed by atoms with Crippen molar-refractivity contribution in [2.24, 2.45) is 0 Å². The fourth-order valence-electron chi connectivity index (χ4n) is 3.35. The van der Waals surface area contributed by atoms with E-state index < -0.39 is 23.6 Å². The highest BCUT2D eigenvalue weighted by atomic mass is 79.9. The van der Waals surface area contributed by atoms with Crippen molar-refractivity contribution in [3.05, 3.63) is 53.3 Å². The van der Waals surface area contributed by atoms with Crippen molar-refractivity contribution in [1.82, 2.24) is 19.9 Å². The summed E-state index contributed by atoms with van der Waals surface area (Å²) in [7, 11) is 0. The van der Waals surface area contributed by atoms with E-state index in [0.717, 1.165) is 26.8 Å². The summed E-state index contributed by atoms with van der Waals surface area (Å²) in [6.45, 7) is 5.38. The van der Waals surface area contributed by atoms with Gasteiger partial charge in [0.05, 0.1) is 27.9 Å². The van der Waals surface area contributed by atoms with Crippen molar-refractivity contribution < 1.29 is 18.7 Å². The lowest BCUT2D eigenvalue weighted by atomic mass is 10.2. The monoisotopic (exact) mass is 488 g/mol. The van der Waals surface area contributed by atoms with E-state index >= 15 is 0 Å². The third-order valence-corrected chi connectivity index (χ3v) is 5.46. The number of rotatable bonds is 4. The Morgan fingerprint density at radius 1 is 1.35 bits per heavy atom. The number of hydrogen-bond donors (Lipinski definition) is 1. The molecule has 31 heavy (non-hydrogen) atoms. The molecule has 1 atom stereocenters. The molecule has 0 aromatic carbocycles. The number of amides is 1. The maximum absolute atomic E-state index is 14.0. The Bertz CT molecular complexity index is 1160. The topological polar surface area (TPSA) is 80.3 Å². The van der Waals surface area contributed by atoms with Gasteiger partial charge in [0.15, 0.2) is 0 Å². The summed E-state index contributed by atoms with van der Waals surface area (Å²) < 4.78 is 26.2. The average molecular weight is 489 g/mol. The maximum atomic E-state index is 14.0. The second kappa shape index (κ2) is 8.30. The summed E-state index contributed by atoms with van der Waals surface area (Å²) in [4.78, 5) is 25.6. The Balaban J connectivity index is 1.56. The van der Waals surface area contributed by atoms with Gasteiger partial charge in [-0.2, -0.15) is 0 Å². The van der Waals surface area contributed by atoms with Crippen molar-refractivity contribution in [2.75, 3.05) is 6.61 Å². The van der Waals surface area contributed by atoms with Gasteiger partial charge in [-0.25, -0.2) is 9.18 Å². The zero-order valence-electron chi connectivity index (χ0n) is 17.4. The van der Waals surface area contributed by atoms with Crippen molar-refractivity contribution in [3.63, 3.8) is 0 Å². The molecule has 0 bridgehead atoms. The first-order chi connectivity index (χ1) is 14.7. The lowest BCUT2D eigenvalue weighted by Gasteiger charge is -2.27. The van der Waals surface area contributed by atoms with Crippen molar-refractivity contribution in [3.8, 4) is 17.0 Å². The van der Waals surface area contributed by atoms with Gasteiger partial charge in [-0.3, -0.25) is 14.9 Å². The maximum Gasteiger partial charge on any atom is 0.414 e. The molecule has 4 heterocycles. The van der Waals surface area contributed by atoms with Crippen LogP contribution in [-0.2, 0) is 4.74 Å². The van der Waals surface area contributed by atoms with Crippen LogP contribution in [0.4, 0.5) is 9.18 Å². The van der Waals surface area contributed by atoms with Crippen LogP contribution in [-0.4, -0.2) is 44.2 Å². The molecule has 1 aliphatic rings. The number of aromatic nitrogens is 3. The van der Waals surface area contributed by atoms with Gasteiger partial charge >= 0.3 is 6.09 Å². The third kappa shape index (κ3) is 4.56. The Morgan fingerprint density at radius 2 is 2.16 bits per heavy atom. The summed E-state index contributed by atoms with van der Waals surface area (Å²) in [6.07, 6.45) is 5.61. The number of pyridine rings is 2. The lowest BCUT2D eigenvalue weighted by molar-refractivity contribution is 0.0252. The number of carbonyl (C=O) groups excluding carboxylic acids is 1. The molecule has 0 radical (unpaired) electrons. The first kappa shape index (κ1) is 21.3. The molecular weight excluding hydrogens is 467 g/mol. The van der Waals surface area contributed by atoms with Crippen molar-refractivity contribution >= 4 is 33.1 Å². The SMILES string of the molecule is CC(C)(C)OC(=O)N1C=C(F)C[C@H]1COc1cnccc1-c1[nH]c2cccnc2c1Br. The van der Waals surface area contributed by atoms with Gasteiger partial charge in [0.25, 0.3) is 0 Å². The van der Waals surface area contributed by atoms with Crippen LogP contribution in [0.3, 0.4) is 0 Å². The van der Waals surface area contributed by atoms with Crippen molar-refractivity contribution in [2.45, 2.75) is 38.8 Å². The summed E-state index contributed by atoms with van der Waals surface area (Å²) >= 11 is 3.61. The molecule has 7 nitrogen and oxygen atoms in total. The number of hydrogen-bond acceptors (Lipinski definition) is 5. The van der Waals surface area contributed by atoms with E-state index in [2.05, 4.69) is 30.9 Å². The van der Waals surface area contributed by atoms with E-state index in [-0.39, 0.29) is 13.0 Å². The zero-order valence-corrected chi connectivity index (χ0v) is 18.9. The standard InChI is InChI=1S/C22H22BrFN4O3/c1-22(2,3)31-21(29)28-11-13(24)9-14(28)12-30-17-10-25-8-6-15(17)19-18(23)20-16(27-19)5-4-7-26-20/h4-8,10-11,14,27H,9,12H2,1-3H3/t14-/m0/s1. The molecule has 3 aromatic rings. The molecule has 0 spiro atoms. The number of H-pyrrole nitrogens is 1. The second-order valence-corrected chi connectivity index (χ2v) is 9.01. The number of nitrogens with one attached hydrogen (secondary N) is 1. The van der Waals surface area contributed by atoms with Crippen LogP contribution in [0, 0.1) is 0 Å². The Morgan fingerprint density at radius 3 is 2.90 bits per heavy atom. The number of fused-ring (bicyclic) bond motifs is 1. The van der Waals surface area contributed by atoms with Gasteiger partial charge < -0.3 is 14.5 Å². The van der Waals surface area contributed by atoms with Gasteiger partial charge in [-0.1, -0.05) is 0 Å². The van der Waals surface area contributed by atoms with Gasteiger partial charge in [0, 0.05) is 30.6 Å². The Labute approximate surface area is 187 Å². The molecule has 0 unspecified atom stereocenters. The first-order valence-corrected chi connectivity index (χ1v) is 10.6. The van der Waals surface area contributed by atoms with Gasteiger partial charge in [0.1, 0.15) is 29.3 Å². The van der Waals surface area contributed by atoms with E-state index in [0.29, 0.717) is 5.75 Å². The molecule has 162 valence electrons. The van der Waals surface area contributed by atoms with Gasteiger partial charge in [-0.05, 0) is 54.9 Å². The predicted octanol–water partition coefficient (Wildman–Crippen LogP) is 5.59. The van der Waals surface area contributed by atoms with E-state index in [1.165, 1.54) is 11.1 Å². The van der Waals surface area contributed by atoms with Crippen LogP contribution in [0.25, 0.3) is 22.3 Å². The molecule has 0 saturated heterocycles. The summed E-state index contributed by atoms with van der Waals surface area (Å²) in [5.74, 6) is 0.113. The quantitative estimate of drug-likeness (QED) is 0.517. The van der Waals surface area contributed by atoms with Crippen LogP contribution in [0.5, 0.6) is 5.75 Å². The second-order valence-electron chi connectivity index (χ2n) is 8.22. The zero-order chi connectivity index (χ0) is 22.2. The fourth-order valence-corrected chi connectivity index (χ4v) is 3.98. The van der Waals surface area contributed by atoms with Crippen LogP contribution in [0.15, 0.2) is 53.3 Å². The normalized spacial score (nSPS) is 16.5. The van der Waals surface area contributed by atoms with Crippen molar-refractivity contribution in [1.29, 1.82) is 0 Å². The smallest absolute Gasteiger partial charge is 0.414 e. The average Bonchev–Trinajstić information content (AvgIpc) is 3.25. The molecule has 0 saturated carbocycles. The highest BCUT2D eigenvalue weighted by molar-refractivity contribution is 9.10. The molecule has 0 aliphatic carbocycles. The summed E-state index contributed by atoms with van der Waals surface area (Å²) in [6, 6.07) is 5.09. The summed E-state index contributed by atoms with van der Waals surface area (Å²) in [5.41, 5.74) is 2.58. The molecule has 1 N–H and O–H groups in total. The number of carbonyl (C=O) groups is 1.